The van der Waals surface area contributed by atoms with Gasteiger partial charge in [-0.3, -0.25) is 4.90 Å². The molecule has 0 unspecified atom stereocenters. The zero-order chi connectivity index (χ0) is 16.5. The number of benzene rings is 1. The first-order valence-corrected chi connectivity index (χ1v) is 8.18. The molecular formula is C17H21N7. The van der Waals surface area contributed by atoms with E-state index in [9.17, 15) is 0 Å². The zero-order valence-corrected chi connectivity index (χ0v) is 13.7. The van der Waals surface area contributed by atoms with Crippen LogP contribution in [0.15, 0.2) is 30.6 Å². The molecule has 1 saturated heterocycles. The van der Waals surface area contributed by atoms with Gasteiger partial charge in [0.2, 0.25) is 5.95 Å². The maximum Gasteiger partial charge on any atom is 0.224 e. The highest BCUT2D eigenvalue weighted by molar-refractivity contribution is 5.84. The Morgan fingerprint density at radius 3 is 2.79 bits per heavy atom. The van der Waals surface area contributed by atoms with Crippen LogP contribution in [-0.4, -0.2) is 51.0 Å². The van der Waals surface area contributed by atoms with E-state index in [4.69, 9.17) is 5.73 Å². The fraction of sp³-hybridized carbons (Fsp3) is 0.353. The van der Waals surface area contributed by atoms with Gasteiger partial charge >= 0.3 is 0 Å². The molecule has 7 heteroatoms. The van der Waals surface area contributed by atoms with Crippen molar-refractivity contribution in [2.75, 3.05) is 36.8 Å². The molecule has 0 saturated carbocycles. The van der Waals surface area contributed by atoms with E-state index >= 15 is 0 Å². The van der Waals surface area contributed by atoms with Crippen molar-refractivity contribution < 1.29 is 0 Å². The maximum atomic E-state index is 5.82. The highest BCUT2D eigenvalue weighted by Crippen LogP contribution is 2.23. The van der Waals surface area contributed by atoms with Gasteiger partial charge < -0.3 is 15.6 Å². The van der Waals surface area contributed by atoms with E-state index in [1.165, 1.54) is 11.1 Å². The molecule has 1 aromatic carbocycles. The van der Waals surface area contributed by atoms with Crippen molar-refractivity contribution in [1.82, 2.24) is 24.8 Å². The van der Waals surface area contributed by atoms with Gasteiger partial charge in [-0.25, -0.2) is 4.98 Å². The van der Waals surface area contributed by atoms with E-state index in [0.29, 0.717) is 5.65 Å². The van der Waals surface area contributed by atoms with Crippen molar-refractivity contribution in [3.63, 3.8) is 0 Å². The van der Waals surface area contributed by atoms with Crippen LogP contribution in [-0.2, 0) is 6.54 Å². The SMILES string of the molecule is Cc1cccc(CN2CCN(c3nc(N)nc4nc[nH]c34)CC2)c1. The van der Waals surface area contributed by atoms with Crippen molar-refractivity contribution in [2.45, 2.75) is 13.5 Å². The van der Waals surface area contributed by atoms with Crippen molar-refractivity contribution in [1.29, 1.82) is 0 Å². The second-order valence-corrected chi connectivity index (χ2v) is 6.26. The molecule has 0 amide bonds. The van der Waals surface area contributed by atoms with Crippen LogP contribution in [0.2, 0.25) is 0 Å². The minimum Gasteiger partial charge on any atom is -0.368 e. The predicted octanol–water partition coefficient (Wildman–Crippen LogP) is 1.57. The quantitative estimate of drug-likeness (QED) is 0.761. The molecule has 7 nitrogen and oxygen atoms in total. The number of fused-ring (bicyclic) bond motifs is 1. The molecule has 2 aromatic heterocycles. The molecule has 24 heavy (non-hydrogen) atoms. The lowest BCUT2D eigenvalue weighted by atomic mass is 10.1. The number of aryl methyl sites for hydroxylation is 1. The number of nitrogens with two attached hydrogens (primary N) is 1. The monoisotopic (exact) mass is 323 g/mol. The van der Waals surface area contributed by atoms with Gasteiger partial charge in [0, 0.05) is 32.7 Å². The van der Waals surface area contributed by atoms with E-state index in [1.807, 2.05) is 0 Å². The lowest BCUT2D eigenvalue weighted by molar-refractivity contribution is 0.249. The summed E-state index contributed by atoms with van der Waals surface area (Å²) in [6.07, 6.45) is 1.64. The number of imidazole rings is 1. The van der Waals surface area contributed by atoms with Crippen molar-refractivity contribution in [3.05, 3.63) is 41.7 Å². The lowest BCUT2D eigenvalue weighted by Gasteiger charge is -2.35. The van der Waals surface area contributed by atoms with Gasteiger partial charge in [-0.1, -0.05) is 29.8 Å². The van der Waals surface area contributed by atoms with Crippen LogP contribution in [0, 0.1) is 6.92 Å². The number of H-pyrrole nitrogens is 1. The minimum atomic E-state index is 0.270. The third kappa shape index (κ3) is 2.90. The summed E-state index contributed by atoms with van der Waals surface area (Å²) in [5.41, 5.74) is 9.98. The number of nitrogen functional groups attached to an aromatic ring is 1. The first-order valence-electron chi connectivity index (χ1n) is 8.18. The van der Waals surface area contributed by atoms with E-state index in [1.54, 1.807) is 6.33 Å². The van der Waals surface area contributed by atoms with Gasteiger partial charge in [0.05, 0.1) is 6.33 Å². The molecule has 0 aliphatic carbocycles. The molecule has 1 aliphatic rings. The third-order valence-electron chi connectivity index (χ3n) is 4.44. The number of rotatable bonds is 3. The van der Waals surface area contributed by atoms with Gasteiger partial charge in [0.25, 0.3) is 0 Å². The topological polar surface area (TPSA) is 87.0 Å². The summed E-state index contributed by atoms with van der Waals surface area (Å²) in [7, 11) is 0. The summed E-state index contributed by atoms with van der Waals surface area (Å²) in [6, 6.07) is 8.71. The molecule has 0 radical (unpaired) electrons. The largest absolute Gasteiger partial charge is 0.368 e. The summed E-state index contributed by atoms with van der Waals surface area (Å²) >= 11 is 0. The van der Waals surface area contributed by atoms with E-state index < -0.39 is 0 Å². The van der Waals surface area contributed by atoms with Crippen LogP contribution in [0.4, 0.5) is 11.8 Å². The normalized spacial score (nSPS) is 16.0. The highest BCUT2D eigenvalue weighted by atomic mass is 15.3. The number of aromatic amines is 1. The summed E-state index contributed by atoms with van der Waals surface area (Å²) in [5.74, 6) is 1.12. The molecule has 3 N–H and O–H groups in total. The van der Waals surface area contributed by atoms with Crippen molar-refractivity contribution in [3.8, 4) is 0 Å². The summed E-state index contributed by atoms with van der Waals surface area (Å²) in [6.45, 7) is 6.94. The second-order valence-electron chi connectivity index (χ2n) is 6.26. The van der Waals surface area contributed by atoms with Crippen molar-refractivity contribution >= 4 is 22.9 Å². The number of hydrogen-bond donors (Lipinski definition) is 2. The number of piperazine rings is 1. The molecule has 3 aromatic rings. The van der Waals surface area contributed by atoms with Crippen molar-refractivity contribution in [2.24, 2.45) is 0 Å². The van der Waals surface area contributed by atoms with E-state index in [-0.39, 0.29) is 5.95 Å². The van der Waals surface area contributed by atoms with Gasteiger partial charge in [-0.2, -0.15) is 9.97 Å². The zero-order valence-electron chi connectivity index (χ0n) is 13.7. The van der Waals surface area contributed by atoms with Crippen LogP contribution in [0.1, 0.15) is 11.1 Å². The van der Waals surface area contributed by atoms with Gasteiger partial charge in [0.15, 0.2) is 11.5 Å². The Kier molecular flexibility index (Phi) is 3.78. The Balaban J connectivity index is 1.46. The molecule has 124 valence electrons. The standard InChI is InChI=1S/C17H21N7/c1-12-3-2-4-13(9-12)10-23-5-7-24(8-6-23)16-14-15(20-11-19-14)21-17(18)22-16/h2-4,9,11H,5-8,10H2,1H3,(H3,18,19,20,21,22). The number of hydrogen-bond acceptors (Lipinski definition) is 6. The summed E-state index contributed by atoms with van der Waals surface area (Å²) in [4.78, 5) is 20.6. The van der Waals surface area contributed by atoms with Gasteiger partial charge in [-0.05, 0) is 12.5 Å². The van der Waals surface area contributed by atoms with E-state index in [2.05, 4.69) is 60.9 Å². The van der Waals surface area contributed by atoms with Crippen LogP contribution in [0.5, 0.6) is 0 Å². The minimum absolute atomic E-state index is 0.270. The summed E-state index contributed by atoms with van der Waals surface area (Å²) in [5, 5.41) is 0. The molecule has 1 fully saturated rings. The Morgan fingerprint density at radius 2 is 2.00 bits per heavy atom. The lowest BCUT2D eigenvalue weighted by Crippen LogP contribution is -2.46. The summed E-state index contributed by atoms with van der Waals surface area (Å²) < 4.78 is 0. The highest BCUT2D eigenvalue weighted by Gasteiger charge is 2.21. The third-order valence-corrected chi connectivity index (χ3v) is 4.44. The van der Waals surface area contributed by atoms with Crippen LogP contribution in [0.3, 0.4) is 0 Å². The van der Waals surface area contributed by atoms with Gasteiger partial charge in [0.1, 0.15) is 5.52 Å². The van der Waals surface area contributed by atoms with E-state index in [0.717, 1.165) is 44.1 Å². The first kappa shape index (κ1) is 14.9. The number of nitrogens with zero attached hydrogens (tertiary/aromatic N) is 5. The molecular weight excluding hydrogens is 302 g/mol. The Hall–Kier alpha value is -2.67. The van der Waals surface area contributed by atoms with Crippen LogP contribution in [0.25, 0.3) is 11.2 Å². The Labute approximate surface area is 140 Å². The van der Waals surface area contributed by atoms with Gasteiger partial charge in [-0.15, -0.1) is 0 Å². The molecule has 4 rings (SSSR count). The molecule has 0 bridgehead atoms. The fourth-order valence-corrected chi connectivity index (χ4v) is 3.25. The van der Waals surface area contributed by atoms with Crippen LogP contribution >= 0.6 is 0 Å². The molecule has 1 aliphatic heterocycles. The first-order chi connectivity index (χ1) is 11.7. The fourth-order valence-electron chi connectivity index (χ4n) is 3.25. The maximum absolute atomic E-state index is 5.82. The predicted molar refractivity (Wildman–Crippen MR) is 94.8 cm³/mol. The average molecular weight is 323 g/mol. The number of aromatic nitrogens is 4. The van der Waals surface area contributed by atoms with Crippen LogP contribution < -0.4 is 10.6 Å². The second kappa shape index (κ2) is 6.09. The average Bonchev–Trinajstić information content (AvgIpc) is 3.03. The number of anilines is 2. The number of nitrogens with one attached hydrogen (secondary N) is 1. The molecule has 3 heterocycles. The Morgan fingerprint density at radius 1 is 1.17 bits per heavy atom. The smallest absolute Gasteiger partial charge is 0.224 e. The molecule has 0 spiro atoms. The Bertz CT molecular complexity index is 849. The molecule has 0 atom stereocenters.